The molecule has 0 bridgehead atoms. The van der Waals surface area contributed by atoms with Gasteiger partial charge in [0.15, 0.2) is 0 Å². The molecule has 4 nitrogen and oxygen atoms in total. The Kier molecular flexibility index (Phi) is 3.76. The molecular weight excluding hydrogens is 303 g/mol. The summed E-state index contributed by atoms with van der Waals surface area (Å²) in [5, 5.41) is 7.70. The highest BCUT2D eigenvalue weighted by Crippen LogP contribution is 2.38. The van der Waals surface area contributed by atoms with E-state index < -0.39 is 0 Å². The number of benzene rings is 2. The van der Waals surface area contributed by atoms with Crippen LogP contribution in [-0.2, 0) is 6.42 Å². The van der Waals surface area contributed by atoms with Gasteiger partial charge in [0, 0.05) is 5.56 Å². The monoisotopic (exact) mass is 322 g/mol. The minimum absolute atomic E-state index is 0.0808. The molecule has 0 saturated heterocycles. The Labute approximate surface area is 140 Å². The van der Waals surface area contributed by atoms with Gasteiger partial charge >= 0.3 is 0 Å². The first-order valence-corrected chi connectivity index (χ1v) is 8.25. The number of aryl methyl sites for hydroxylation is 1. The largest absolute Gasteiger partial charge is 0.348 e. The predicted octanol–water partition coefficient (Wildman–Crippen LogP) is 4.13. The van der Waals surface area contributed by atoms with Crippen LogP contribution in [0.3, 0.4) is 0 Å². The van der Waals surface area contributed by atoms with E-state index in [4.69, 9.17) is 0 Å². The van der Waals surface area contributed by atoms with E-state index in [0.717, 1.165) is 12.8 Å². The van der Waals surface area contributed by atoms with Crippen molar-refractivity contribution in [2.24, 2.45) is 0 Å². The van der Waals surface area contributed by atoms with E-state index in [1.54, 1.807) is 10.7 Å². The Morgan fingerprint density at radius 1 is 1.17 bits per heavy atom. The van der Waals surface area contributed by atoms with Crippen molar-refractivity contribution in [1.82, 2.24) is 14.8 Å². The normalized spacial score (nSPS) is 19.6. The maximum Gasteiger partial charge on any atom is 0.222 e. The first-order chi connectivity index (χ1) is 11.8. The Morgan fingerprint density at radius 2 is 1.96 bits per heavy atom. The molecule has 2 atom stereocenters. The van der Waals surface area contributed by atoms with E-state index in [9.17, 15) is 4.39 Å². The van der Waals surface area contributed by atoms with Crippen molar-refractivity contribution in [3.05, 3.63) is 77.4 Å². The van der Waals surface area contributed by atoms with Gasteiger partial charge in [-0.25, -0.2) is 9.07 Å². The molecule has 3 aromatic rings. The fourth-order valence-electron chi connectivity index (χ4n) is 3.33. The van der Waals surface area contributed by atoms with E-state index in [-0.39, 0.29) is 17.9 Å². The van der Waals surface area contributed by atoms with E-state index in [0.29, 0.717) is 11.5 Å². The van der Waals surface area contributed by atoms with Crippen LogP contribution in [0.25, 0.3) is 0 Å². The number of halogens is 1. The lowest BCUT2D eigenvalue weighted by molar-refractivity contribution is 0.416. The summed E-state index contributed by atoms with van der Waals surface area (Å²) in [5.74, 6) is 0.477. The van der Waals surface area contributed by atoms with E-state index in [1.165, 1.54) is 23.5 Å². The van der Waals surface area contributed by atoms with Gasteiger partial charge in [-0.3, -0.25) is 0 Å². The fourth-order valence-corrected chi connectivity index (χ4v) is 3.33. The van der Waals surface area contributed by atoms with Crippen LogP contribution in [0.15, 0.2) is 54.9 Å². The number of nitrogens with zero attached hydrogens (tertiary/aromatic N) is 3. The minimum Gasteiger partial charge on any atom is -0.348 e. The Balaban J connectivity index is 1.72. The van der Waals surface area contributed by atoms with Crippen LogP contribution in [-0.4, -0.2) is 14.8 Å². The maximum absolute atomic E-state index is 14.3. The molecule has 1 aromatic heterocycles. The van der Waals surface area contributed by atoms with Crippen LogP contribution in [0.2, 0.25) is 0 Å². The van der Waals surface area contributed by atoms with Crippen LogP contribution in [0.1, 0.15) is 42.1 Å². The average Bonchev–Trinajstić information content (AvgIpc) is 3.10. The van der Waals surface area contributed by atoms with Crippen molar-refractivity contribution in [2.75, 3.05) is 5.32 Å². The van der Waals surface area contributed by atoms with Gasteiger partial charge in [-0.05, 0) is 30.0 Å². The molecule has 0 spiro atoms. The van der Waals surface area contributed by atoms with Crippen LogP contribution >= 0.6 is 0 Å². The van der Waals surface area contributed by atoms with Crippen LogP contribution in [0.4, 0.5) is 10.3 Å². The summed E-state index contributed by atoms with van der Waals surface area (Å²) in [6, 6.07) is 15.4. The molecule has 0 fully saturated rings. The molecule has 24 heavy (non-hydrogen) atoms. The number of nitrogens with one attached hydrogen (secondary N) is 1. The maximum atomic E-state index is 14.3. The lowest BCUT2D eigenvalue weighted by atomic mass is 9.92. The number of anilines is 1. The summed E-state index contributed by atoms with van der Waals surface area (Å²) in [5.41, 5.74) is 3.15. The van der Waals surface area contributed by atoms with Crippen LogP contribution in [0, 0.1) is 5.82 Å². The fraction of sp³-hybridized carbons (Fsp3) is 0.263. The number of aromatic nitrogens is 3. The van der Waals surface area contributed by atoms with Crippen molar-refractivity contribution in [3.63, 3.8) is 0 Å². The van der Waals surface area contributed by atoms with Gasteiger partial charge in [0.1, 0.15) is 12.1 Å². The zero-order valence-corrected chi connectivity index (χ0v) is 13.5. The lowest BCUT2D eigenvalue weighted by Gasteiger charge is -2.32. The second kappa shape index (κ2) is 6.07. The molecule has 4 rings (SSSR count). The van der Waals surface area contributed by atoms with E-state index in [1.807, 2.05) is 12.1 Å². The molecule has 5 heteroatoms. The zero-order chi connectivity index (χ0) is 16.5. The second-order valence-electron chi connectivity index (χ2n) is 6.09. The highest BCUT2D eigenvalue weighted by molar-refractivity contribution is 5.39. The van der Waals surface area contributed by atoms with Gasteiger partial charge in [0.25, 0.3) is 0 Å². The van der Waals surface area contributed by atoms with E-state index in [2.05, 4.69) is 46.6 Å². The molecule has 1 N–H and O–H groups in total. The number of hydrogen-bond donors (Lipinski definition) is 1. The lowest BCUT2D eigenvalue weighted by Crippen LogP contribution is -2.28. The van der Waals surface area contributed by atoms with Gasteiger partial charge in [0.05, 0.1) is 12.1 Å². The van der Waals surface area contributed by atoms with Gasteiger partial charge in [-0.15, -0.1) is 0 Å². The first-order valence-electron chi connectivity index (χ1n) is 8.25. The molecule has 0 radical (unpaired) electrons. The second-order valence-corrected chi connectivity index (χ2v) is 6.09. The van der Waals surface area contributed by atoms with Gasteiger partial charge in [-0.1, -0.05) is 49.4 Å². The Hall–Kier alpha value is -2.69. The molecule has 1 aliphatic heterocycles. The van der Waals surface area contributed by atoms with Crippen molar-refractivity contribution < 1.29 is 4.39 Å². The highest BCUT2D eigenvalue weighted by atomic mass is 19.1. The smallest absolute Gasteiger partial charge is 0.222 e. The molecule has 2 aromatic carbocycles. The third-order valence-corrected chi connectivity index (χ3v) is 4.69. The quantitative estimate of drug-likeness (QED) is 0.788. The standard InChI is InChI=1S/C19H19FN4/c1-2-13-7-9-14(10-8-13)17-11-18(15-5-3-4-6-16(15)20)24-19(23-17)21-12-22-24/h3-10,12,17-18H,2,11H2,1H3,(H,21,22,23)/t17-,18+/m0/s1. The molecule has 0 amide bonds. The third kappa shape index (κ3) is 2.56. The third-order valence-electron chi connectivity index (χ3n) is 4.69. The topological polar surface area (TPSA) is 42.7 Å². The predicted molar refractivity (Wildman–Crippen MR) is 91.4 cm³/mol. The zero-order valence-electron chi connectivity index (χ0n) is 13.5. The summed E-state index contributed by atoms with van der Waals surface area (Å²) in [6.07, 6.45) is 3.26. The molecule has 0 aliphatic carbocycles. The number of fused-ring (bicyclic) bond motifs is 1. The number of hydrogen-bond acceptors (Lipinski definition) is 3. The van der Waals surface area contributed by atoms with Gasteiger partial charge in [0.2, 0.25) is 5.95 Å². The van der Waals surface area contributed by atoms with Crippen molar-refractivity contribution in [3.8, 4) is 0 Å². The molecule has 0 unspecified atom stereocenters. The molecule has 2 heterocycles. The Bertz CT molecular complexity index is 841. The van der Waals surface area contributed by atoms with Crippen molar-refractivity contribution in [2.45, 2.75) is 31.8 Å². The highest BCUT2D eigenvalue weighted by Gasteiger charge is 2.31. The molecule has 1 aliphatic rings. The van der Waals surface area contributed by atoms with Gasteiger partial charge in [-0.2, -0.15) is 10.1 Å². The summed E-state index contributed by atoms with van der Waals surface area (Å²) in [7, 11) is 0. The SMILES string of the molecule is CCc1ccc([C@@H]2C[C@H](c3ccccc3F)n3ncnc3N2)cc1. The molecule has 0 saturated carbocycles. The molecule has 122 valence electrons. The summed E-state index contributed by atoms with van der Waals surface area (Å²) < 4.78 is 16.1. The Morgan fingerprint density at radius 3 is 2.71 bits per heavy atom. The van der Waals surface area contributed by atoms with Crippen LogP contribution in [0.5, 0.6) is 0 Å². The molecular formula is C19H19FN4. The summed E-state index contributed by atoms with van der Waals surface area (Å²) in [6.45, 7) is 2.14. The minimum atomic E-state index is -0.203. The number of rotatable bonds is 3. The van der Waals surface area contributed by atoms with Crippen molar-refractivity contribution in [1.29, 1.82) is 0 Å². The first kappa shape index (κ1) is 14.9. The van der Waals surface area contributed by atoms with Gasteiger partial charge < -0.3 is 5.32 Å². The van der Waals surface area contributed by atoms with Crippen LogP contribution < -0.4 is 5.32 Å². The summed E-state index contributed by atoms with van der Waals surface area (Å²) in [4.78, 5) is 4.29. The average molecular weight is 322 g/mol. The van der Waals surface area contributed by atoms with E-state index >= 15 is 0 Å². The summed E-state index contributed by atoms with van der Waals surface area (Å²) >= 11 is 0. The van der Waals surface area contributed by atoms with Crippen molar-refractivity contribution >= 4 is 5.95 Å².